The van der Waals surface area contributed by atoms with Crippen LogP contribution in [0, 0.1) is 11.8 Å². The topological polar surface area (TPSA) is 95.6 Å². The Balaban J connectivity index is 1.55. The van der Waals surface area contributed by atoms with E-state index in [1.54, 1.807) is 24.1 Å². The van der Waals surface area contributed by atoms with Crippen LogP contribution in [0.15, 0.2) is 24.3 Å². The molecule has 132 valence electrons. The van der Waals surface area contributed by atoms with Crippen LogP contribution in [-0.2, 0) is 25.6 Å². The molecule has 2 fully saturated rings. The van der Waals surface area contributed by atoms with E-state index in [4.69, 9.17) is 0 Å². The number of imide groups is 1. The lowest BCUT2D eigenvalue weighted by molar-refractivity contribution is -0.137. The Kier molecular flexibility index (Phi) is 4.83. The molecule has 1 aromatic carbocycles. The van der Waals surface area contributed by atoms with Crippen molar-refractivity contribution < 1.29 is 19.2 Å². The fraction of sp³-hybridized carbons (Fsp3) is 0.444. The van der Waals surface area contributed by atoms with Gasteiger partial charge in [-0.15, -0.1) is 0 Å². The predicted octanol–water partition coefficient (Wildman–Crippen LogP) is 0.699. The number of piperidine rings is 1. The first-order valence-corrected chi connectivity index (χ1v) is 8.40. The summed E-state index contributed by atoms with van der Waals surface area (Å²) < 4.78 is 0. The van der Waals surface area contributed by atoms with E-state index in [9.17, 15) is 19.2 Å². The second kappa shape index (κ2) is 7.04. The maximum atomic E-state index is 12.3. The third-order valence-electron chi connectivity index (χ3n) is 4.80. The lowest BCUT2D eigenvalue weighted by Gasteiger charge is -2.27. The Morgan fingerprint density at radius 1 is 1.20 bits per heavy atom. The summed E-state index contributed by atoms with van der Waals surface area (Å²) in [6.45, 7) is 0.595. The second-order valence-corrected chi connectivity index (χ2v) is 6.71. The lowest BCUT2D eigenvalue weighted by atomic mass is 9.95. The van der Waals surface area contributed by atoms with Crippen molar-refractivity contribution in [3.8, 4) is 0 Å². The monoisotopic (exact) mass is 343 g/mol. The number of amides is 4. The summed E-state index contributed by atoms with van der Waals surface area (Å²) in [7, 11) is 1.74. The van der Waals surface area contributed by atoms with E-state index >= 15 is 0 Å². The number of carbonyl (C=O) groups is 4. The number of nitrogens with zero attached hydrogens (tertiary/aromatic N) is 1. The average Bonchev–Trinajstić information content (AvgIpc) is 2.89. The van der Waals surface area contributed by atoms with Crippen LogP contribution >= 0.6 is 0 Å². The molecule has 0 aliphatic carbocycles. The van der Waals surface area contributed by atoms with Gasteiger partial charge in [-0.05, 0) is 30.5 Å². The van der Waals surface area contributed by atoms with Gasteiger partial charge in [0.1, 0.15) is 0 Å². The molecule has 2 atom stereocenters. The highest BCUT2D eigenvalue weighted by Crippen LogP contribution is 2.21. The van der Waals surface area contributed by atoms with E-state index in [0.717, 1.165) is 5.56 Å². The van der Waals surface area contributed by atoms with Gasteiger partial charge in [-0.2, -0.15) is 0 Å². The average molecular weight is 343 g/mol. The molecular formula is C18H21N3O4. The van der Waals surface area contributed by atoms with Gasteiger partial charge in [0.05, 0.1) is 5.92 Å². The van der Waals surface area contributed by atoms with E-state index in [1.165, 1.54) is 0 Å². The van der Waals surface area contributed by atoms with Gasteiger partial charge in [0.25, 0.3) is 0 Å². The zero-order valence-electron chi connectivity index (χ0n) is 14.1. The molecule has 2 heterocycles. The van der Waals surface area contributed by atoms with Crippen molar-refractivity contribution >= 4 is 29.3 Å². The van der Waals surface area contributed by atoms with Crippen LogP contribution in [0.3, 0.4) is 0 Å². The molecular weight excluding hydrogens is 322 g/mol. The van der Waals surface area contributed by atoms with Gasteiger partial charge in [0.15, 0.2) is 0 Å². The standard InChI is InChI=1S/C18H21N3O4/c1-21-7-6-12(10-16(21)23)17(24)19-14-4-2-11(3-5-14)8-13-9-15(22)20-18(13)25/h2-5,12-13H,6-10H2,1H3,(H,19,24)(H,20,22,25). The molecule has 2 aliphatic rings. The van der Waals surface area contributed by atoms with Gasteiger partial charge >= 0.3 is 0 Å². The molecule has 0 radical (unpaired) electrons. The van der Waals surface area contributed by atoms with Crippen LogP contribution in [0.5, 0.6) is 0 Å². The molecule has 0 bridgehead atoms. The van der Waals surface area contributed by atoms with E-state index in [0.29, 0.717) is 25.1 Å². The first kappa shape index (κ1) is 17.1. The highest BCUT2D eigenvalue weighted by atomic mass is 16.2. The fourth-order valence-corrected chi connectivity index (χ4v) is 3.19. The van der Waals surface area contributed by atoms with Crippen molar-refractivity contribution in [2.45, 2.75) is 25.7 Å². The molecule has 4 amide bonds. The Morgan fingerprint density at radius 2 is 1.92 bits per heavy atom. The molecule has 0 saturated carbocycles. The van der Waals surface area contributed by atoms with E-state index in [2.05, 4.69) is 10.6 Å². The zero-order valence-corrected chi connectivity index (χ0v) is 14.1. The number of nitrogens with one attached hydrogen (secondary N) is 2. The number of anilines is 1. The normalized spacial score (nSPS) is 23.6. The minimum absolute atomic E-state index is 0.00821. The summed E-state index contributed by atoms with van der Waals surface area (Å²) in [6, 6.07) is 7.23. The van der Waals surface area contributed by atoms with Gasteiger partial charge < -0.3 is 10.2 Å². The summed E-state index contributed by atoms with van der Waals surface area (Å²) in [5.74, 6) is -1.23. The van der Waals surface area contributed by atoms with Crippen molar-refractivity contribution in [3.63, 3.8) is 0 Å². The van der Waals surface area contributed by atoms with Crippen LogP contribution in [0.4, 0.5) is 5.69 Å². The summed E-state index contributed by atoms with van der Waals surface area (Å²) in [5.41, 5.74) is 1.59. The second-order valence-electron chi connectivity index (χ2n) is 6.71. The SMILES string of the molecule is CN1CCC(C(=O)Nc2ccc(CC3CC(=O)NC3=O)cc2)CC1=O. The van der Waals surface area contributed by atoms with Gasteiger partial charge in [0.2, 0.25) is 23.6 Å². The first-order chi connectivity index (χ1) is 11.9. The summed E-state index contributed by atoms with van der Waals surface area (Å²) in [5, 5.41) is 5.14. The maximum absolute atomic E-state index is 12.3. The van der Waals surface area contributed by atoms with Gasteiger partial charge in [-0.25, -0.2) is 0 Å². The predicted molar refractivity (Wildman–Crippen MR) is 90.4 cm³/mol. The maximum Gasteiger partial charge on any atom is 0.230 e. The number of likely N-dealkylation sites (tertiary alicyclic amines) is 1. The number of rotatable bonds is 4. The van der Waals surface area contributed by atoms with E-state index in [1.807, 2.05) is 12.1 Å². The van der Waals surface area contributed by atoms with Crippen LogP contribution in [0.25, 0.3) is 0 Å². The Hall–Kier alpha value is -2.70. The quantitative estimate of drug-likeness (QED) is 0.787. The summed E-state index contributed by atoms with van der Waals surface area (Å²) >= 11 is 0. The Bertz CT molecular complexity index is 714. The van der Waals surface area contributed by atoms with Crippen molar-refractivity contribution in [1.82, 2.24) is 10.2 Å². The minimum Gasteiger partial charge on any atom is -0.346 e. The molecule has 2 aliphatic heterocycles. The molecule has 2 saturated heterocycles. The van der Waals surface area contributed by atoms with Gasteiger partial charge in [-0.1, -0.05) is 12.1 Å². The third-order valence-corrected chi connectivity index (χ3v) is 4.80. The minimum atomic E-state index is -0.321. The largest absolute Gasteiger partial charge is 0.346 e. The molecule has 1 aromatic rings. The van der Waals surface area contributed by atoms with Crippen LogP contribution in [0.1, 0.15) is 24.8 Å². The molecule has 7 nitrogen and oxygen atoms in total. The molecule has 25 heavy (non-hydrogen) atoms. The van der Waals surface area contributed by atoms with E-state index in [-0.39, 0.29) is 48.3 Å². The van der Waals surface area contributed by atoms with Gasteiger partial charge in [-0.3, -0.25) is 24.5 Å². The van der Waals surface area contributed by atoms with Crippen LogP contribution in [0.2, 0.25) is 0 Å². The van der Waals surface area contributed by atoms with Crippen molar-refractivity contribution in [1.29, 1.82) is 0 Å². The molecule has 0 aromatic heterocycles. The van der Waals surface area contributed by atoms with Crippen molar-refractivity contribution in [3.05, 3.63) is 29.8 Å². The summed E-state index contributed by atoms with van der Waals surface area (Å²) in [4.78, 5) is 48.5. The lowest BCUT2D eigenvalue weighted by Crippen LogP contribution is -2.39. The smallest absolute Gasteiger partial charge is 0.230 e. The molecule has 3 rings (SSSR count). The number of carbonyl (C=O) groups excluding carboxylic acids is 4. The molecule has 2 unspecified atom stereocenters. The highest BCUT2D eigenvalue weighted by Gasteiger charge is 2.30. The molecule has 2 N–H and O–H groups in total. The van der Waals surface area contributed by atoms with Crippen LogP contribution in [-0.4, -0.2) is 42.1 Å². The van der Waals surface area contributed by atoms with Crippen LogP contribution < -0.4 is 10.6 Å². The molecule has 0 spiro atoms. The highest BCUT2D eigenvalue weighted by molar-refractivity contribution is 6.03. The Labute approximate surface area is 145 Å². The number of hydrogen-bond acceptors (Lipinski definition) is 4. The number of hydrogen-bond donors (Lipinski definition) is 2. The zero-order chi connectivity index (χ0) is 18.0. The Morgan fingerprint density at radius 3 is 2.52 bits per heavy atom. The summed E-state index contributed by atoms with van der Waals surface area (Å²) in [6.07, 6.45) is 1.62. The number of benzene rings is 1. The third kappa shape index (κ3) is 4.04. The fourth-order valence-electron chi connectivity index (χ4n) is 3.19. The van der Waals surface area contributed by atoms with Crippen molar-refractivity contribution in [2.75, 3.05) is 18.9 Å². The van der Waals surface area contributed by atoms with Gasteiger partial charge in [0, 0.05) is 38.0 Å². The van der Waals surface area contributed by atoms with E-state index < -0.39 is 0 Å². The van der Waals surface area contributed by atoms with Crippen molar-refractivity contribution in [2.24, 2.45) is 11.8 Å². The first-order valence-electron chi connectivity index (χ1n) is 8.40. The molecule has 7 heteroatoms.